The molecule has 0 aliphatic heterocycles. The Morgan fingerprint density at radius 3 is 2.15 bits per heavy atom. The second-order valence-corrected chi connectivity index (χ2v) is 13.8. The number of hydrogen-bond donors (Lipinski definition) is 0. The fourth-order valence-electron chi connectivity index (χ4n) is 9.77. The highest BCUT2D eigenvalue weighted by Crippen LogP contribution is 2.69. The lowest BCUT2D eigenvalue weighted by Crippen LogP contribution is -2.34. The molecule has 2 heteroatoms. The number of benzene rings is 6. The van der Waals surface area contributed by atoms with Crippen LogP contribution in [-0.2, 0) is 5.41 Å². The van der Waals surface area contributed by atoms with Crippen molar-refractivity contribution >= 4 is 39.0 Å². The molecule has 2 nitrogen and oxygen atoms in total. The van der Waals surface area contributed by atoms with Crippen molar-refractivity contribution in [1.29, 1.82) is 0 Å². The monoisotopic (exact) mass is 593 g/mol. The lowest BCUT2D eigenvalue weighted by atomic mass is 9.65. The van der Waals surface area contributed by atoms with Crippen molar-refractivity contribution in [3.8, 4) is 22.3 Å². The zero-order valence-electron chi connectivity index (χ0n) is 26.0. The minimum atomic E-state index is 0.0382. The van der Waals surface area contributed by atoms with Crippen molar-refractivity contribution in [2.75, 3.05) is 4.90 Å². The zero-order chi connectivity index (χ0) is 30.4. The largest absolute Gasteiger partial charge is 0.456 e. The van der Waals surface area contributed by atoms with Crippen LogP contribution in [0.3, 0.4) is 0 Å². The van der Waals surface area contributed by atoms with E-state index in [1.165, 1.54) is 52.8 Å². The fourth-order valence-corrected chi connectivity index (χ4v) is 9.77. The van der Waals surface area contributed by atoms with Crippen LogP contribution in [0.1, 0.15) is 37.3 Å². The van der Waals surface area contributed by atoms with Gasteiger partial charge in [-0.05, 0) is 107 Å². The third kappa shape index (κ3) is 3.53. The summed E-state index contributed by atoms with van der Waals surface area (Å²) in [6.45, 7) is 2.52. The lowest BCUT2D eigenvalue weighted by Gasteiger charge is -2.40. The maximum absolute atomic E-state index is 6.46. The summed E-state index contributed by atoms with van der Waals surface area (Å²) in [4.78, 5) is 2.50. The smallest absolute Gasteiger partial charge is 0.137 e. The summed E-state index contributed by atoms with van der Waals surface area (Å²) in [7, 11) is 0. The van der Waals surface area contributed by atoms with E-state index < -0.39 is 0 Å². The van der Waals surface area contributed by atoms with Crippen molar-refractivity contribution in [1.82, 2.24) is 0 Å². The third-order valence-corrected chi connectivity index (χ3v) is 11.7. The first-order chi connectivity index (χ1) is 22.7. The number of rotatable bonds is 4. The number of furan rings is 1. The first-order valence-corrected chi connectivity index (χ1v) is 16.8. The topological polar surface area (TPSA) is 16.4 Å². The van der Waals surface area contributed by atoms with E-state index in [-0.39, 0.29) is 5.41 Å². The first kappa shape index (κ1) is 26.2. The molecule has 222 valence electrons. The molecule has 10 rings (SSSR count). The number of nitrogens with zero attached hydrogens (tertiary/aromatic N) is 1. The standard InChI is InChI=1S/C44H35NO/c1-28-31-20-25-38(28)44(27-31)39-15-7-5-12-34(39)37-14-9-16-40(43(37)44)45(32-21-18-30(19-22-32)29-10-3-2-4-11-29)33-23-24-36-35-13-6-8-17-41(35)46-42(36)26-33/h2-19,21-24,26,28,31,38H,20,25,27H2,1H3/t28-,31?,38?,44?/m0/s1. The highest BCUT2D eigenvalue weighted by atomic mass is 16.3. The highest BCUT2D eigenvalue weighted by molar-refractivity contribution is 6.06. The summed E-state index contributed by atoms with van der Waals surface area (Å²) in [6, 6.07) is 51.2. The molecule has 2 saturated carbocycles. The van der Waals surface area contributed by atoms with E-state index in [1.807, 2.05) is 6.07 Å². The first-order valence-electron chi connectivity index (χ1n) is 16.8. The maximum atomic E-state index is 6.46. The second kappa shape index (κ2) is 9.71. The zero-order valence-corrected chi connectivity index (χ0v) is 26.0. The number of hydrogen-bond acceptors (Lipinski definition) is 2. The number of para-hydroxylation sites is 1. The number of fused-ring (bicyclic) bond motifs is 11. The summed E-state index contributed by atoms with van der Waals surface area (Å²) in [5.74, 6) is 2.17. The van der Waals surface area contributed by atoms with Gasteiger partial charge in [0.25, 0.3) is 0 Å². The van der Waals surface area contributed by atoms with Gasteiger partial charge in [-0.3, -0.25) is 0 Å². The Bertz CT molecular complexity index is 2280. The molecule has 6 aromatic carbocycles. The Kier molecular flexibility index (Phi) is 5.52. The van der Waals surface area contributed by atoms with E-state index in [4.69, 9.17) is 4.42 Å². The van der Waals surface area contributed by atoms with E-state index >= 15 is 0 Å². The molecule has 2 bridgehead atoms. The molecule has 0 saturated heterocycles. The normalized spacial score (nSPS) is 22.5. The molecule has 3 aliphatic carbocycles. The van der Waals surface area contributed by atoms with Gasteiger partial charge >= 0.3 is 0 Å². The van der Waals surface area contributed by atoms with Crippen molar-refractivity contribution < 1.29 is 4.42 Å². The minimum Gasteiger partial charge on any atom is -0.456 e. The van der Waals surface area contributed by atoms with Gasteiger partial charge in [-0.1, -0.05) is 104 Å². The van der Waals surface area contributed by atoms with Gasteiger partial charge in [-0.25, -0.2) is 0 Å². The Balaban J connectivity index is 1.22. The SMILES string of the molecule is C[C@H]1C2CCC1C1(C2)c2ccccc2-c2cccc(N(c3ccc(-c4ccccc4)cc3)c3ccc4c(c3)oc3ccccc34)c21. The van der Waals surface area contributed by atoms with E-state index in [0.717, 1.165) is 45.1 Å². The lowest BCUT2D eigenvalue weighted by molar-refractivity contribution is 0.316. The predicted molar refractivity (Wildman–Crippen MR) is 190 cm³/mol. The van der Waals surface area contributed by atoms with E-state index in [0.29, 0.717) is 5.92 Å². The van der Waals surface area contributed by atoms with Gasteiger partial charge in [0.15, 0.2) is 0 Å². The van der Waals surface area contributed by atoms with E-state index in [9.17, 15) is 0 Å². The van der Waals surface area contributed by atoms with Gasteiger partial charge in [0, 0.05) is 33.6 Å². The van der Waals surface area contributed by atoms with Gasteiger partial charge in [-0.15, -0.1) is 0 Å². The van der Waals surface area contributed by atoms with Gasteiger partial charge in [0.1, 0.15) is 11.2 Å². The summed E-state index contributed by atoms with van der Waals surface area (Å²) in [5.41, 5.74) is 13.8. The van der Waals surface area contributed by atoms with Gasteiger partial charge in [0.2, 0.25) is 0 Å². The van der Waals surface area contributed by atoms with E-state index in [1.54, 1.807) is 5.56 Å². The van der Waals surface area contributed by atoms with Crippen LogP contribution in [0.5, 0.6) is 0 Å². The quantitative estimate of drug-likeness (QED) is 0.202. The van der Waals surface area contributed by atoms with Gasteiger partial charge in [0.05, 0.1) is 5.69 Å². The molecule has 1 aromatic heterocycles. The number of anilines is 3. The van der Waals surface area contributed by atoms with Crippen molar-refractivity contribution in [2.45, 2.75) is 31.6 Å². The summed E-state index contributed by atoms with van der Waals surface area (Å²) in [6.07, 6.45) is 3.91. The molecule has 46 heavy (non-hydrogen) atoms. The van der Waals surface area contributed by atoms with Crippen LogP contribution in [0.15, 0.2) is 144 Å². The average molecular weight is 594 g/mol. The molecule has 3 unspecified atom stereocenters. The molecule has 7 aromatic rings. The summed E-state index contributed by atoms with van der Waals surface area (Å²) >= 11 is 0. The van der Waals surface area contributed by atoms with Crippen LogP contribution < -0.4 is 4.90 Å². The third-order valence-electron chi connectivity index (χ3n) is 11.7. The Labute approximate surface area is 269 Å². The van der Waals surface area contributed by atoms with Gasteiger partial charge < -0.3 is 9.32 Å². The molecule has 1 heterocycles. The van der Waals surface area contributed by atoms with E-state index in [2.05, 4.69) is 145 Å². The second-order valence-electron chi connectivity index (χ2n) is 13.8. The van der Waals surface area contributed by atoms with Crippen LogP contribution in [0.4, 0.5) is 17.1 Å². The molecule has 4 atom stereocenters. The van der Waals surface area contributed by atoms with Crippen LogP contribution in [-0.4, -0.2) is 0 Å². The van der Waals surface area contributed by atoms with Crippen LogP contribution in [0, 0.1) is 17.8 Å². The Morgan fingerprint density at radius 2 is 1.33 bits per heavy atom. The molecule has 2 fully saturated rings. The van der Waals surface area contributed by atoms with Crippen LogP contribution in [0.2, 0.25) is 0 Å². The fraction of sp³-hybridized carbons (Fsp3) is 0.182. The Morgan fingerprint density at radius 1 is 0.609 bits per heavy atom. The van der Waals surface area contributed by atoms with Gasteiger partial charge in [-0.2, -0.15) is 0 Å². The summed E-state index contributed by atoms with van der Waals surface area (Å²) in [5, 5.41) is 2.32. The predicted octanol–water partition coefficient (Wildman–Crippen LogP) is 12.1. The van der Waals surface area contributed by atoms with Crippen LogP contribution >= 0.6 is 0 Å². The molecule has 0 amide bonds. The molecular weight excluding hydrogens is 558 g/mol. The molecule has 3 aliphatic rings. The molecule has 1 spiro atoms. The molecule has 0 N–H and O–H groups in total. The van der Waals surface area contributed by atoms with Crippen LogP contribution in [0.25, 0.3) is 44.2 Å². The maximum Gasteiger partial charge on any atom is 0.137 e. The van der Waals surface area contributed by atoms with Crippen molar-refractivity contribution in [3.63, 3.8) is 0 Å². The van der Waals surface area contributed by atoms with Crippen molar-refractivity contribution in [2.24, 2.45) is 17.8 Å². The Hall–Kier alpha value is -5.08. The summed E-state index contributed by atoms with van der Waals surface area (Å²) < 4.78 is 6.46. The average Bonchev–Trinajstić information content (AvgIpc) is 3.83. The van der Waals surface area contributed by atoms with Crippen molar-refractivity contribution in [3.05, 3.63) is 151 Å². The molecular formula is C44H35NO. The molecule has 0 radical (unpaired) electrons. The minimum absolute atomic E-state index is 0.0382. The highest BCUT2D eigenvalue weighted by Gasteiger charge is 2.61.